The van der Waals surface area contributed by atoms with Crippen molar-refractivity contribution in [3.8, 4) is 17.0 Å². The fraction of sp³-hybridized carbons (Fsp3) is 0.185. The minimum atomic E-state index is -0.388. The highest BCUT2D eigenvalue weighted by atomic mass is 35.5. The highest BCUT2D eigenvalue weighted by Crippen LogP contribution is 2.46. The van der Waals surface area contributed by atoms with Crippen molar-refractivity contribution in [3.05, 3.63) is 105 Å². The van der Waals surface area contributed by atoms with Gasteiger partial charge in [-0.15, -0.1) is 0 Å². The third kappa shape index (κ3) is 3.68. The highest BCUT2D eigenvalue weighted by molar-refractivity contribution is 6.30. The summed E-state index contributed by atoms with van der Waals surface area (Å²) in [7, 11) is 0. The number of phenols is 1. The normalized spacial score (nSPS) is 15.2. The van der Waals surface area contributed by atoms with Gasteiger partial charge in [0.05, 0.1) is 6.04 Å². The number of hydrogen-bond acceptors (Lipinski definition) is 3. The zero-order valence-corrected chi connectivity index (χ0v) is 19.4. The lowest BCUT2D eigenvalue weighted by Crippen LogP contribution is -2.29. The van der Waals surface area contributed by atoms with E-state index >= 15 is 0 Å². The Morgan fingerprint density at radius 3 is 2.48 bits per heavy atom. The molecule has 166 valence electrons. The maximum atomic E-state index is 13.6. The molecule has 33 heavy (non-hydrogen) atoms. The number of rotatable bonds is 4. The molecule has 0 radical (unpaired) electrons. The second-order valence-corrected chi connectivity index (χ2v) is 9.15. The number of aromatic amines is 1. The van der Waals surface area contributed by atoms with E-state index in [-0.39, 0.29) is 17.7 Å². The van der Waals surface area contributed by atoms with E-state index in [9.17, 15) is 9.90 Å². The number of phenolic OH excluding ortho intramolecular Hbond substituents is 1. The lowest BCUT2D eigenvalue weighted by Gasteiger charge is -2.27. The van der Waals surface area contributed by atoms with E-state index in [1.165, 1.54) is 5.56 Å². The largest absolute Gasteiger partial charge is 0.507 e. The van der Waals surface area contributed by atoms with Gasteiger partial charge >= 0.3 is 0 Å². The van der Waals surface area contributed by atoms with Crippen molar-refractivity contribution in [1.29, 1.82) is 0 Å². The van der Waals surface area contributed by atoms with Crippen LogP contribution in [0.1, 0.15) is 49.9 Å². The summed E-state index contributed by atoms with van der Waals surface area (Å²) in [5.74, 6) is 0.0228. The zero-order chi connectivity index (χ0) is 23.3. The molecule has 4 aromatic rings. The van der Waals surface area contributed by atoms with Crippen molar-refractivity contribution in [1.82, 2.24) is 15.1 Å². The van der Waals surface area contributed by atoms with Crippen LogP contribution < -0.4 is 0 Å². The van der Waals surface area contributed by atoms with Gasteiger partial charge in [0.1, 0.15) is 17.1 Å². The number of aromatic hydroxyl groups is 1. The van der Waals surface area contributed by atoms with E-state index in [0.717, 1.165) is 27.8 Å². The number of aryl methyl sites for hydroxylation is 3. The summed E-state index contributed by atoms with van der Waals surface area (Å²) in [6.07, 6.45) is 0. The van der Waals surface area contributed by atoms with Crippen LogP contribution >= 0.6 is 11.6 Å². The number of H-pyrrole nitrogens is 1. The average molecular weight is 458 g/mol. The maximum absolute atomic E-state index is 13.6. The average Bonchev–Trinajstić information content (AvgIpc) is 3.28. The zero-order valence-electron chi connectivity index (χ0n) is 18.7. The van der Waals surface area contributed by atoms with Gasteiger partial charge in [-0.05, 0) is 61.2 Å². The third-order valence-corrected chi connectivity index (χ3v) is 6.43. The Labute approximate surface area is 197 Å². The first kappa shape index (κ1) is 21.3. The van der Waals surface area contributed by atoms with Crippen LogP contribution in [0.2, 0.25) is 5.02 Å². The minimum Gasteiger partial charge on any atom is -0.507 e. The quantitative estimate of drug-likeness (QED) is 0.388. The minimum absolute atomic E-state index is 0.126. The Hall–Kier alpha value is -3.57. The van der Waals surface area contributed by atoms with Crippen LogP contribution in [0.5, 0.6) is 5.75 Å². The first-order valence-corrected chi connectivity index (χ1v) is 11.2. The van der Waals surface area contributed by atoms with Crippen molar-refractivity contribution in [2.75, 3.05) is 0 Å². The standard InChI is InChI=1S/C27H24ClN3O2/c1-15-7-9-18(10-8-15)14-31-26(19-5-4-6-20(28)13-19)23-24(29-30-25(23)27(31)33)22-17(3)11-16(2)12-21(22)32/h4-13,26,32H,14H2,1-3H3,(H,29,30). The summed E-state index contributed by atoms with van der Waals surface area (Å²) in [4.78, 5) is 15.4. The van der Waals surface area contributed by atoms with Crippen molar-refractivity contribution in [2.24, 2.45) is 0 Å². The van der Waals surface area contributed by atoms with E-state index in [1.807, 2.05) is 80.3 Å². The summed E-state index contributed by atoms with van der Waals surface area (Å²) in [5, 5.41) is 18.8. The molecule has 0 fully saturated rings. The van der Waals surface area contributed by atoms with E-state index in [0.29, 0.717) is 28.5 Å². The number of carbonyl (C=O) groups is 1. The Morgan fingerprint density at radius 1 is 1.03 bits per heavy atom. The molecular weight excluding hydrogens is 434 g/mol. The molecule has 0 bridgehead atoms. The monoisotopic (exact) mass is 457 g/mol. The molecule has 3 aromatic carbocycles. The number of fused-ring (bicyclic) bond motifs is 1. The van der Waals surface area contributed by atoms with Crippen LogP contribution in [0.4, 0.5) is 0 Å². The molecule has 0 aliphatic carbocycles. The Balaban J connectivity index is 1.69. The topological polar surface area (TPSA) is 69.2 Å². The van der Waals surface area contributed by atoms with Gasteiger partial charge in [0.2, 0.25) is 0 Å². The van der Waals surface area contributed by atoms with E-state index < -0.39 is 0 Å². The van der Waals surface area contributed by atoms with E-state index in [2.05, 4.69) is 10.2 Å². The molecule has 0 saturated carbocycles. The maximum Gasteiger partial charge on any atom is 0.273 e. The van der Waals surface area contributed by atoms with Crippen molar-refractivity contribution < 1.29 is 9.90 Å². The number of hydrogen-bond donors (Lipinski definition) is 2. The predicted octanol–water partition coefficient (Wildman–Crippen LogP) is 6.11. The number of amides is 1. The Kier molecular flexibility index (Phi) is 5.22. The molecule has 6 heteroatoms. The lowest BCUT2D eigenvalue weighted by atomic mass is 9.93. The van der Waals surface area contributed by atoms with Crippen LogP contribution in [0.3, 0.4) is 0 Å². The highest BCUT2D eigenvalue weighted by Gasteiger charge is 2.42. The molecule has 1 aromatic heterocycles. The van der Waals surface area contributed by atoms with Gasteiger partial charge in [-0.1, -0.05) is 59.6 Å². The van der Waals surface area contributed by atoms with Gasteiger partial charge in [-0.3, -0.25) is 9.89 Å². The first-order valence-electron chi connectivity index (χ1n) is 10.8. The van der Waals surface area contributed by atoms with Crippen LogP contribution in [0, 0.1) is 20.8 Å². The summed E-state index contributed by atoms with van der Waals surface area (Å²) < 4.78 is 0. The Morgan fingerprint density at radius 2 is 1.79 bits per heavy atom. The smallest absolute Gasteiger partial charge is 0.273 e. The first-order chi connectivity index (χ1) is 15.8. The molecule has 1 aliphatic rings. The molecule has 1 aliphatic heterocycles. The van der Waals surface area contributed by atoms with Crippen molar-refractivity contribution >= 4 is 17.5 Å². The number of benzene rings is 3. The van der Waals surface area contributed by atoms with Gasteiger partial charge in [0.15, 0.2) is 0 Å². The van der Waals surface area contributed by atoms with Gasteiger partial charge in [0.25, 0.3) is 5.91 Å². The molecule has 0 saturated heterocycles. The van der Waals surface area contributed by atoms with Gasteiger partial charge in [-0.25, -0.2) is 0 Å². The van der Waals surface area contributed by atoms with Crippen molar-refractivity contribution in [2.45, 2.75) is 33.4 Å². The molecule has 5 nitrogen and oxygen atoms in total. The predicted molar refractivity (Wildman–Crippen MR) is 130 cm³/mol. The van der Waals surface area contributed by atoms with Crippen LogP contribution in [-0.2, 0) is 6.54 Å². The molecular formula is C27H24ClN3O2. The van der Waals surface area contributed by atoms with Crippen LogP contribution in [0.15, 0.2) is 60.7 Å². The summed E-state index contributed by atoms with van der Waals surface area (Å²) in [6, 6.07) is 19.1. The number of aromatic nitrogens is 2. The lowest BCUT2D eigenvalue weighted by molar-refractivity contribution is 0.0730. The van der Waals surface area contributed by atoms with Crippen molar-refractivity contribution in [3.63, 3.8) is 0 Å². The number of carbonyl (C=O) groups excluding carboxylic acids is 1. The molecule has 1 unspecified atom stereocenters. The summed E-state index contributed by atoms with van der Waals surface area (Å²) in [5.41, 5.74) is 7.39. The summed E-state index contributed by atoms with van der Waals surface area (Å²) >= 11 is 6.34. The number of nitrogens with one attached hydrogen (secondary N) is 1. The molecule has 2 heterocycles. The fourth-order valence-corrected chi connectivity index (χ4v) is 4.92. The van der Waals surface area contributed by atoms with E-state index in [4.69, 9.17) is 11.6 Å². The fourth-order valence-electron chi connectivity index (χ4n) is 4.72. The van der Waals surface area contributed by atoms with Gasteiger partial charge in [-0.2, -0.15) is 5.10 Å². The summed E-state index contributed by atoms with van der Waals surface area (Å²) in [6.45, 7) is 6.36. The molecule has 5 rings (SSSR count). The SMILES string of the molecule is Cc1ccc(CN2C(=O)c3[nH]nc(-c4c(C)cc(C)cc4O)c3C2c2cccc(Cl)c2)cc1. The number of nitrogens with zero attached hydrogens (tertiary/aromatic N) is 2. The molecule has 2 N–H and O–H groups in total. The molecule has 0 spiro atoms. The second-order valence-electron chi connectivity index (χ2n) is 8.71. The van der Waals surface area contributed by atoms with E-state index in [1.54, 1.807) is 6.07 Å². The third-order valence-electron chi connectivity index (χ3n) is 6.20. The van der Waals surface area contributed by atoms with Crippen LogP contribution in [-0.4, -0.2) is 26.1 Å². The molecule has 1 atom stereocenters. The van der Waals surface area contributed by atoms with Gasteiger partial charge in [0, 0.05) is 22.7 Å². The number of halogens is 1. The van der Waals surface area contributed by atoms with Crippen LogP contribution in [0.25, 0.3) is 11.3 Å². The second kappa shape index (κ2) is 8.09. The molecule has 1 amide bonds. The Bertz CT molecular complexity index is 1350. The van der Waals surface area contributed by atoms with Gasteiger partial charge < -0.3 is 10.0 Å².